The highest BCUT2D eigenvalue weighted by molar-refractivity contribution is 5.83. The molecule has 5 nitrogen and oxygen atoms in total. The number of hydrogen-bond acceptors (Lipinski definition) is 3. The molecule has 0 aromatic rings. The van der Waals surface area contributed by atoms with E-state index in [-0.39, 0.29) is 17.7 Å². The van der Waals surface area contributed by atoms with Crippen LogP contribution in [0.15, 0.2) is 0 Å². The lowest BCUT2D eigenvalue weighted by molar-refractivity contribution is -0.139. The van der Waals surface area contributed by atoms with Gasteiger partial charge in [0.2, 0.25) is 11.8 Å². The fourth-order valence-corrected chi connectivity index (χ4v) is 2.49. The molecular formula is C12H21N3O2. The van der Waals surface area contributed by atoms with Crippen LogP contribution >= 0.6 is 0 Å². The Morgan fingerprint density at radius 1 is 1.35 bits per heavy atom. The van der Waals surface area contributed by atoms with E-state index < -0.39 is 0 Å². The number of likely N-dealkylation sites (N-methyl/N-ethyl adjacent to an activating group) is 1. The molecule has 0 spiro atoms. The largest absolute Gasteiger partial charge is 0.355 e. The molecular weight excluding hydrogens is 218 g/mol. The fourth-order valence-electron chi connectivity index (χ4n) is 2.49. The van der Waals surface area contributed by atoms with Gasteiger partial charge in [-0.2, -0.15) is 0 Å². The van der Waals surface area contributed by atoms with Crippen LogP contribution in [0.5, 0.6) is 0 Å². The molecule has 0 aromatic carbocycles. The predicted octanol–water partition coefficient (Wildman–Crippen LogP) is -0.323. The van der Waals surface area contributed by atoms with Crippen LogP contribution in [0.25, 0.3) is 0 Å². The standard InChI is InChI=1S/C12H21N3O2/c1-2-14-5-7-15(8-6-14)12(17)10-3-4-11(16)13-9-10/h10H,2-9H2,1H3,(H,13,16). The molecule has 2 aliphatic heterocycles. The van der Waals surface area contributed by atoms with E-state index in [0.29, 0.717) is 19.4 Å². The molecule has 0 bridgehead atoms. The molecule has 96 valence electrons. The third-order valence-electron chi connectivity index (χ3n) is 3.75. The number of amides is 2. The van der Waals surface area contributed by atoms with Crippen LogP contribution in [0.1, 0.15) is 19.8 Å². The van der Waals surface area contributed by atoms with Gasteiger partial charge < -0.3 is 15.1 Å². The molecule has 0 saturated carbocycles. The van der Waals surface area contributed by atoms with Crippen molar-refractivity contribution in [1.29, 1.82) is 0 Å². The minimum atomic E-state index is 0.000812. The number of nitrogens with zero attached hydrogens (tertiary/aromatic N) is 2. The third-order valence-corrected chi connectivity index (χ3v) is 3.75. The maximum atomic E-state index is 12.2. The number of piperazine rings is 1. The normalized spacial score (nSPS) is 26.8. The third kappa shape index (κ3) is 2.97. The van der Waals surface area contributed by atoms with Gasteiger partial charge >= 0.3 is 0 Å². The van der Waals surface area contributed by atoms with E-state index in [2.05, 4.69) is 17.1 Å². The van der Waals surface area contributed by atoms with Crippen molar-refractivity contribution in [3.8, 4) is 0 Å². The lowest BCUT2D eigenvalue weighted by Gasteiger charge is -2.36. The highest BCUT2D eigenvalue weighted by Gasteiger charge is 2.29. The van der Waals surface area contributed by atoms with Gasteiger partial charge in [0.25, 0.3) is 0 Å². The highest BCUT2D eigenvalue weighted by Crippen LogP contribution is 2.15. The first-order valence-electron chi connectivity index (χ1n) is 6.48. The minimum absolute atomic E-state index is 0.000812. The van der Waals surface area contributed by atoms with Crippen molar-refractivity contribution < 1.29 is 9.59 Å². The number of rotatable bonds is 2. The number of carbonyl (C=O) groups excluding carboxylic acids is 2. The molecule has 2 amide bonds. The van der Waals surface area contributed by atoms with Crippen LogP contribution in [0.2, 0.25) is 0 Å². The van der Waals surface area contributed by atoms with Gasteiger partial charge in [0, 0.05) is 39.1 Å². The first kappa shape index (κ1) is 12.4. The maximum Gasteiger partial charge on any atom is 0.227 e. The predicted molar refractivity (Wildman–Crippen MR) is 64.4 cm³/mol. The summed E-state index contributed by atoms with van der Waals surface area (Å²) in [5.74, 6) is 0.298. The van der Waals surface area contributed by atoms with Gasteiger partial charge in [-0.15, -0.1) is 0 Å². The molecule has 0 aromatic heterocycles. The molecule has 2 saturated heterocycles. The second kappa shape index (κ2) is 5.49. The van der Waals surface area contributed by atoms with Crippen LogP contribution in [-0.4, -0.2) is 60.9 Å². The second-order valence-corrected chi connectivity index (χ2v) is 4.80. The Hall–Kier alpha value is -1.10. The van der Waals surface area contributed by atoms with Gasteiger partial charge in [-0.3, -0.25) is 9.59 Å². The monoisotopic (exact) mass is 239 g/mol. The van der Waals surface area contributed by atoms with Crippen molar-refractivity contribution in [3.05, 3.63) is 0 Å². The van der Waals surface area contributed by atoms with Crippen molar-refractivity contribution in [1.82, 2.24) is 15.1 Å². The van der Waals surface area contributed by atoms with Crippen LogP contribution in [-0.2, 0) is 9.59 Å². The zero-order chi connectivity index (χ0) is 12.3. The molecule has 1 unspecified atom stereocenters. The van der Waals surface area contributed by atoms with E-state index in [9.17, 15) is 9.59 Å². The van der Waals surface area contributed by atoms with Crippen LogP contribution in [0, 0.1) is 5.92 Å². The summed E-state index contributed by atoms with van der Waals surface area (Å²) in [5.41, 5.74) is 0. The summed E-state index contributed by atoms with van der Waals surface area (Å²) < 4.78 is 0. The number of carbonyl (C=O) groups is 2. The van der Waals surface area contributed by atoms with Crippen LogP contribution in [0.3, 0.4) is 0 Å². The quantitative estimate of drug-likeness (QED) is 0.718. The molecule has 1 N–H and O–H groups in total. The van der Waals surface area contributed by atoms with Gasteiger partial charge in [0.05, 0.1) is 5.92 Å². The first-order valence-corrected chi connectivity index (χ1v) is 6.48. The van der Waals surface area contributed by atoms with Crippen molar-refractivity contribution in [2.24, 2.45) is 5.92 Å². The summed E-state index contributed by atoms with van der Waals surface area (Å²) in [6, 6.07) is 0. The summed E-state index contributed by atoms with van der Waals surface area (Å²) in [7, 11) is 0. The average Bonchev–Trinajstić information content (AvgIpc) is 2.39. The number of nitrogens with one attached hydrogen (secondary N) is 1. The molecule has 2 rings (SSSR count). The zero-order valence-electron chi connectivity index (χ0n) is 10.4. The highest BCUT2D eigenvalue weighted by atomic mass is 16.2. The summed E-state index contributed by atoms with van der Waals surface area (Å²) in [5, 5.41) is 2.78. The Morgan fingerprint density at radius 3 is 2.59 bits per heavy atom. The van der Waals surface area contributed by atoms with E-state index in [0.717, 1.165) is 32.7 Å². The summed E-state index contributed by atoms with van der Waals surface area (Å²) in [6.07, 6.45) is 1.20. The number of hydrogen-bond donors (Lipinski definition) is 1. The van der Waals surface area contributed by atoms with Crippen molar-refractivity contribution in [3.63, 3.8) is 0 Å². The molecule has 0 radical (unpaired) electrons. The second-order valence-electron chi connectivity index (χ2n) is 4.80. The Bertz CT molecular complexity index is 288. The summed E-state index contributed by atoms with van der Waals surface area (Å²) >= 11 is 0. The molecule has 2 fully saturated rings. The SMILES string of the molecule is CCN1CCN(C(=O)C2CCC(=O)NC2)CC1. The Labute approximate surface area is 102 Å². The Balaban J connectivity index is 1.82. The van der Waals surface area contributed by atoms with Gasteiger partial charge in [-0.25, -0.2) is 0 Å². The van der Waals surface area contributed by atoms with Gasteiger partial charge in [0.15, 0.2) is 0 Å². The van der Waals surface area contributed by atoms with Gasteiger partial charge in [-0.1, -0.05) is 6.92 Å². The van der Waals surface area contributed by atoms with Crippen molar-refractivity contribution in [2.75, 3.05) is 39.3 Å². The molecule has 5 heteroatoms. The average molecular weight is 239 g/mol. The van der Waals surface area contributed by atoms with Crippen LogP contribution in [0.4, 0.5) is 0 Å². The Morgan fingerprint density at radius 2 is 2.06 bits per heavy atom. The fraction of sp³-hybridized carbons (Fsp3) is 0.833. The lowest BCUT2D eigenvalue weighted by Crippen LogP contribution is -2.52. The summed E-state index contributed by atoms with van der Waals surface area (Å²) in [4.78, 5) is 27.6. The topological polar surface area (TPSA) is 52.7 Å². The van der Waals surface area contributed by atoms with E-state index in [1.165, 1.54) is 0 Å². The lowest BCUT2D eigenvalue weighted by atomic mass is 9.97. The Kier molecular flexibility index (Phi) is 3.99. The maximum absolute atomic E-state index is 12.2. The van der Waals surface area contributed by atoms with E-state index >= 15 is 0 Å². The van der Waals surface area contributed by atoms with Crippen LogP contribution < -0.4 is 5.32 Å². The minimum Gasteiger partial charge on any atom is -0.355 e. The number of piperidine rings is 1. The summed E-state index contributed by atoms with van der Waals surface area (Å²) in [6.45, 7) is 7.33. The van der Waals surface area contributed by atoms with E-state index in [1.807, 2.05) is 4.90 Å². The van der Waals surface area contributed by atoms with E-state index in [4.69, 9.17) is 0 Å². The molecule has 2 aliphatic rings. The smallest absolute Gasteiger partial charge is 0.227 e. The van der Waals surface area contributed by atoms with Gasteiger partial charge in [-0.05, 0) is 13.0 Å². The molecule has 2 heterocycles. The van der Waals surface area contributed by atoms with Gasteiger partial charge in [0.1, 0.15) is 0 Å². The molecule has 0 aliphatic carbocycles. The van der Waals surface area contributed by atoms with Crippen molar-refractivity contribution in [2.45, 2.75) is 19.8 Å². The molecule has 1 atom stereocenters. The zero-order valence-corrected chi connectivity index (χ0v) is 10.4. The first-order chi connectivity index (χ1) is 8.20. The van der Waals surface area contributed by atoms with E-state index in [1.54, 1.807) is 0 Å². The van der Waals surface area contributed by atoms with Crippen molar-refractivity contribution >= 4 is 11.8 Å². The molecule has 17 heavy (non-hydrogen) atoms.